The Bertz CT molecular complexity index is 1050. The van der Waals surface area contributed by atoms with E-state index in [0.717, 1.165) is 12.0 Å². The third kappa shape index (κ3) is 4.01. The van der Waals surface area contributed by atoms with Crippen LogP contribution in [-0.4, -0.2) is 17.2 Å². The largest absolute Gasteiger partial charge is 0.478 e. The van der Waals surface area contributed by atoms with E-state index in [9.17, 15) is 14.7 Å². The second-order valence-electron chi connectivity index (χ2n) is 6.77. The molecule has 0 aliphatic heterocycles. The minimum Gasteiger partial charge on any atom is -0.478 e. The Kier molecular flexibility index (Phi) is 5.68. The number of carbonyl (C=O) groups is 1. The second kappa shape index (κ2) is 8.17. The average Bonchev–Trinajstić information content (AvgIpc) is 2.68. The molecule has 0 bridgehead atoms. The Morgan fingerprint density at radius 1 is 1.14 bits per heavy atom. The molecule has 6 heteroatoms. The Balaban J connectivity index is 1.93. The van der Waals surface area contributed by atoms with Crippen LogP contribution in [0, 0.1) is 5.92 Å². The van der Waals surface area contributed by atoms with Gasteiger partial charge in [0.1, 0.15) is 23.3 Å². The molecular weight excluding hydrogens is 360 g/mol. The molecule has 0 fully saturated rings. The standard InChI is InChI=1S/C22H22O6/c1-4-14-7-5-6-8-17(14)28-19-12-26-18-11-15(9-10-16(18)20(19)23)27-21(13(2)3)22(24)25/h5-13,21H,4H2,1-3H3,(H,24,25). The lowest BCUT2D eigenvalue weighted by molar-refractivity contribution is -0.147. The first-order valence-corrected chi connectivity index (χ1v) is 9.11. The second-order valence-corrected chi connectivity index (χ2v) is 6.77. The van der Waals surface area contributed by atoms with Gasteiger partial charge in [-0.15, -0.1) is 0 Å². The first-order chi connectivity index (χ1) is 13.4. The van der Waals surface area contributed by atoms with Crippen molar-refractivity contribution in [2.24, 2.45) is 5.92 Å². The number of ether oxygens (including phenoxy) is 2. The fraction of sp³-hybridized carbons (Fsp3) is 0.273. The van der Waals surface area contributed by atoms with Crippen LogP contribution in [0.15, 0.2) is 57.9 Å². The lowest BCUT2D eigenvalue weighted by atomic mass is 10.1. The van der Waals surface area contributed by atoms with Gasteiger partial charge in [-0.25, -0.2) is 4.79 Å². The van der Waals surface area contributed by atoms with E-state index in [2.05, 4.69) is 0 Å². The summed E-state index contributed by atoms with van der Waals surface area (Å²) in [7, 11) is 0. The lowest BCUT2D eigenvalue weighted by Gasteiger charge is -2.18. The monoisotopic (exact) mass is 382 g/mol. The van der Waals surface area contributed by atoms with Gasteiger partial charge in [0.25, 0.3) is 0 Å². The minimum absolute atomic E-state index is 0.0904. The first-order valence-electron chi connectivity index (χ1n) is 9.11. The summed E-state index contributed by atoms with van der Waals surface area (Å²) in [6, 6.07) is 12.1. The van der Waals surface area contributed by atoms with Gasteiger partial charge in [-0.2, -0.15) is 0 Å². The van der Waals surface area contributed by atoms with Gasteiger partial charge in [0, 0.05) is 12.0 Å². The van der Waals surface area contributed by atoms with Crippen LogP contribution in [0.3, 0.4) is 0 Å². The number of para-hydroxylation sites is 1. The molecule has 2 aromatic carbocycles. The smallest absolute Gasteiger partial charge is 0.345 e. The average molecular weight is 382 g/mol. The van der Waals surface area contributed by atoms with E-state index < -0.39 is 12.1 Å². The summed E-state index contributed by atoms with van der Waals surface area (Å²) in [6.07, 6.45) is 1.05. The Hall–Kier alpha value is -3.28. The van der Waals surface area contributed by atoms with Crippen LogP contribution in [0.5, 0.6) is 17.2 Å². The zero-order valence-corrected chi connectivity index (χ0v) is 16.0. The number of fused-ring (bicyclic) bond motifs is 1. The van der Waals surface area contributed by atoms with E-state index in [1.54, 1.807) is 32.0 Å². The fourth-order valence-electron chi connectivity index (χ4n) is 2.87. The molecule has 1 unspecified atom stereocenters. The van der Waals surface area contributed by atoms with Crippen molar-refractivity contribution in [3.63, 3.8) is 0 Å². The molecule has 0 saturated carbocycles. The number of aliphatic carboxylic acids is 1. The molecule has 0 aliphatic carbocycles. The normalized spacial score (nSPS) is 12.1. The predicted octanol–water partition coefficient (Wildman–Crippen LogP) is 4.64. The molecule has 3 rings (SSSR count). The molecule has 1 N–H and O–H groups in total. The summed E-state index contributed by atoms with van der Waals surface area (Å²) < 4.78 is 16.9. The third-order valence-electron chi connectivity index (χ3n) is 4.40. The molecule has 0 radical (unpaired) electrons. The van der Waals surface area contributed by atoms with Crippen LogP contribution < -0.4 is 14.9 Å². The third-order valence-corrected chi connectivity index (χ3v) is 4.40. The molecule has 3 aromatic rings. The van der Waals surface area contributed by atoms with Gasteiger partial charge >= 0.3 is 5.97 Å². The molecule has 0 aliphatic rings. The van der Waals surface area contributed by atoms with Crippen molar-refractivity contribution in [1.29, 1.82) is 0 Å². The van der Waals surface area contributed by atoms with Crippen molar-refractivity contribution in [2.75, 3.05) is 0 Å². The molecule has 28 heavy (non-hydrogen) atoms. The molecule has 0 amide bonds. The van der Waals surface area contributed by atoms with Crippen molar-refractivity contribution in [3.8, 4) is 17.2 Å². The summed E-state index contributed by atoms with van der Waals surface area (Å²) in [5.41, 5.74) is 0.975. The van der Waals surface area contributed by atoms with E-state index in [0.29, 0.717) is 22.5 Å². The zero-order valence-electron chi connectivity index (χ0n) is 16.0. The fourth-order valence-corrected chi connectivity index (χ4v) is 2.87. The van der Waals surface area contributed by atoms with E-state index in [1.807, 2.05) is 25.1 Å². The number of hydrogen-bond donors (Lipinski definition) is 1. The zero-order chi connectivity index (χ0) is 20.3. The number of rotatable bonds is 7. The molecule has 1 heterocycles. The molecule has 6 nitrogen and oxygen atoms in total. The van der Waals surface area contributed by atoms with Gasteiger partial charge in [-0.05, 0) is 30.2 Å². The highest BCUT2D eigenvalue weighted by Gasteiger charge is 2.23. The SMILES string of the molecule is CCc1ccccc1Oc1coc2cc(OC(C(=O)O)C(C)C)ccc2c1=O. The summed E-state index contributed by atoms with van der Waals surface area (Å²) in [6.45, 7) is 5.53. The van der Waals surface area contributed by atoms with Crippen LogP contribution in [0.25, 0.3) is 11.0 Å². The summed E-state index contributed by atoms with van der Waals surface area (Å²) in [5, 5.41) is 9.60. The summed E-state index contributed by atoms with van der Waals surface area (Å²) >= 11 is 0. The van der Waals surface area contributed by atoms with Crippen molar-refractivity contribution < 1.29 is 23.8 Å². The van der Waals surface area contributed by atoms with Crippen molar-refractivity contribution in [1.82, 2.24) is 0 Å². The Morgan fingerprint density at radius 2 is 1.89 bits per heavy atom. The number of hydrogen-bond acceptors (Lipinski definition) is 5. The molecule has 1 aromatic heterocycles. The van der Waals surface area contributed by atoms with Gasteiger partial charge in [-0.1, -0.05) is 39.0 Å². The van der Waals surface area contributed by atoms with Crippen molar-refractivity contribution in [3.05, 3.63) is 64.5 Å². The maximum absolute atomic E-state index is 12.8. The van der Waals surface area contributed by atoms with Crippen molar-refractivity contribution >= 4 is 16.9 Å². The lowest BCUT2D eigenvalue weighted by Crippen LogP contribution is -2.32. The molecule has 146 valence electrons. The van der Waals surface area contributed by atoms with Gasteiger partial charge in [0.2, 0.25) is 11.2 Å². The van der Waals surface area contributed by atoms with Crippen LogP contribution in [-0.2, 0) is 11.2 Å². The number of aryl methyl sites for hydroxylation is 1. The van der Waals surface area contributed by atoms with Gasteiger partial charge < -0.3 is 19.0 Å². The van der Waals surface area contributed by atoms with E-state index in [1.165, 1.54) is 12.3 Å². The maximum Gasteiger partial charge on any atom is 0.345 e. The van der Waals surface area contributed by atoms with Gasteiger partial charge in [0.15, 0.2) is 6.10 Å². The maximum atomic E-state index is 12.8. The van der Waals surface area contributed by atoms with E-state index in [-0.39, 0.29) is 17.1 Å². The van der Waals surface area contributed by atoms with Crippen LogP contribution in [0.1, 0.15) is 26.3 Å². The summed E-state index contributed by atoms with van der Waals surface area (Å²) in [4.78, 5) is 24.1. The van der Waals surface area contributed by atoms with E-state index >= 15 is 0 Å². The van der Waals surface area contributed by atoms with Crippen LogP contribution >= 0.6 is 0 Å². The quantitative estimate of drug-likeness (QED) is 0.641. The molecule has 0 saturated heterocycles. The van der Waals surface area contributed by atoms with E-state index in [4.69, 9.17) is 13.9 Å². The number of benzene rings is 2. The van der Waals surface area contributed by atoms with Gasteiger partial charge in [-0.3, -0.25) is 4.79 Å². The number of carboxylic acids is 1. The minimum atomic E-state index is -1.05. The topological polar surface area (TPSA) is 86.0 Å². The predicted molar refractivity (Wildman–Crippen MR) is 105 cm³/mol. The first kappa shape index (κ1) is 19.5. The molecule has 1 atom stereocenters. The highest BCUT2D eigenvalue weighted by Crippen LogP contribution is 2.27. The van der Waals surface area contributed by atoms with Crippen LogP contribution in [0.2, 0.25) is 0 Å². The highest BCUT2D eigenvalue weighted by atomic mass is 16.5. The number of carboxylic acid groups (broad SMARTS) is 1. The van der Waals surface area contributed by atoms with Crippen molar-refractivity contribution in [2.45, 2.75) is 33.3 Å². The summed E-state index contributed by atoms with van der Waals surface area (Å²) in [5.74, 6) is -0.239. The molecule has 0 spiro atoms. The highest BCUT2D eigenvalue weighted by molar-refractivity contribution is 5.79. The Morgan fingerprint density at radius 3 is 2.57 bits per heavy atom. The molecular formula is C22H22O6. The van der Waals surface area contributed by atoms with Gasteiger partial charge in [0.05, 0.1) is 5.39 Å². The Labute approximate surface area is 162 Å². The van der Waals surface area contributed by atoms with Crippen LogP contribution in [0.4, 0.5) is 0 Å².